The Kier molecular flexibility index (Phi) is 3.84. The lowest BCUT2D eigenvalue weighted by atomic mass is 10.1. The molecule has 0 aliphatic carbocycles. The average Bonchev–Trinajstić information content (AvgIpc) is 3.15. The molecular weight excluding hydrogens is 366 g/mol. The maximum atomic E-state index is 12.7. The van der Waals surface area contributed by atoms with Crippen molar-refractivity contribution >= 4 is 16.6 Å². The second-order valence-electron chi connectivity index (χ2n) is 6.85. The van der Waals surface area contributed by atoms with Gasteiger partial charge in [-0.15, -0.1) is 0 Å². The van der Waals surface area contributed by atoms with E-state index in [1.165, 1.54) is 0 Å². The zero-order valence-corrected chi connectivity index (χ0v) is 15.6. The number of hydrogen-bond donors (Lipinski definition) is 2. The zero-order valence-electron chi connectivity index (χ0n) is 15.6. The molecule has 29 heavy (non-hydrogen) atoms. The van der Waals surface area contributed by atoms with Gasteiger partial charge in [-0.2, -0.15) is 0 Å². The summed E-state index contributed by atoms with van der Waals surface area (Å²) in [4.78, 5) is 20.7. The number of aromatic hydroxyl groups is 1. The summed E-state index contributed by atoms with van der Waals surface area (Å²) in [5.74, 6) is 1.44. The third kappa shape index (κ3) is 3.00. The third-order valence-electron chi connectivity index (χ3n) is 4.90. The Morgan fingerprint density at radius 2 is 1.72 bits per heavy atom. The van der Waals surface area contributed by atoms with Crippen LogP contribution in [0.2, 0.25) is 0 Å². The van der Waals surface area contributed by atoms with Gasteiger partial charge in [-0.1, -0.05) is 12.1 Å². The molecular formula is C23H17N3O3. The molecule has 3 aromatic heterocycles. The molecule has 2 aromatic carbocycles. The van der Waals surface area contributed by atoms with Crippen LogP contribution in [0.3, 0.4) is 0 Å². The molecule has 0 saturated carbocycles. The lowest BCUT2D eigenvalue weighted by molar-refractivity contribution is 0.463. The maximum Gasteiger partial charge on any atom is 0.192 e. The van der Waals surface area contributed by atoms with Gasteiger partial charge in [0.15, 0.2) is 5.43 Å². The molecule has 5 aromatic rings. The van der Waals surface area contributed by atoms with Crippen LogP contribution < -0.4 is 10.2 Å². The van der Waals surface area contributed by atoms with E-state index in [4.69, 9.17) is 4.74 Å². The molecule has 0 spiro atoms. The van der Waals surface area contributed by atoms with Gasteiger partial charge in [-0.3, -0.25) is 4.79 Å². The van der Waals surface area contributed by atoms with Crippen molar-refractivity contribution in [3.63, 3.8) is 0 Å². The van der Waals surface area contributed by atoms with E-state index in [1.807, 2.05) is 60.1 Å². The number of para-hydroxylation sites is 1. The van der Waals surface area contributed by atoms with Crippen molar-refractivity contribution in [3.05, 3.63) is 88.8 Å². The van der Waals surface area contributed by atoms with Crippen LogP contribution in [0.4, 0.5) is 0 Å². The highest BCUT2D eigenvalue weighted by atomic mass is 16.5. The molecule has 0 atom stereocenters. The van der Waals surface area contributed by atoms with E-state index in [0.29, 0.717) is 33.8 Å². The van der Waals surface area contributed by atoms with Gasteiger partial charge in [0, 0.05) is 22.7 Å². The van der Waals surface area contributed by atoms with Gasteiger partial charge in [0.2, 0.25) is 0 Å². The number of phenolic OH excluding ortho intramolecular Hbond substituents is 1. The lowest BCUT2D eigenvalue weighted by Crippen LogP contribution is -2.09. The van der Waals surface area contributed by atoms with E-state index in [9.17, 15) is 9.90 Å². The van der Waals surface area contributed by atoms with Crippen LogP contribution in [0.15, 0.2) is 77.9 Å². The Labute approximate surface area is 165 Å². The molecule has 0 aliphatic rings. The summed E-state index contributed by atoms with van der Waals surface area (Å²) in [6, 6.07) is 17.7. The molecule has 0 bridgehead atoms. The van der Waals surface area contributed by atoms with Gasteiger partial charge in [0.05, 0.1) is 11.9 Å². The molecule has 2 N–H and O–H groups in total. The number of fused-ring (bicyclic) bond motifs is 2. The summed E-state index contributed by atoms with van der Waals surface area (Å²) < 4.78 is 7.70. The van der Waals surface area contributed by atoms with Crippen molar-refractivity contribution in [2.45, 2.75) is 6.92 Å². The Morgan fingerprint density at radius 1 is 0.966 bits per heavy atom. The van der Waals surface area contributed by atoms with Gasteiger partial charge >= 0.3 is 0 Å². The van der Waals surface area contributed by atoms with Gasteiger partial charge in [0.25, 0.3) is 0 Å². The summed E-state index contributed by atoms with van der Waals surface area (Å²) in [5.41, 5.74) is 3.55. The van der Waals surface area contributed by atoms with Crippen LogP contribution >= 0.6 is 0 Å². The first-order chi connectivity index (χ1) is 14.1. The fourth-order valence-electron chi connectivity index (χ4n) is 3.39. The monoisotopic (exact) mass is 383 g/mol. The second kappa shape index (κ2) is 6.53. The largest absolute Gasteiger partial charge is 0.508 e. The number of nitrogens with one attached hydrogen (secondary N) is 1. The van der Waals surface area contributed by atoms with Crippen LogP contribution in [-0.4, -0.2) is 19.5 Å². The highest BCUT2D eigenvalue weighted by molar-refractivity contribution is 5.82. The van der Waals surface area contributed by atoms with Crippen LogP contribution in [0.5, 0.6) is 17.2 Å². The number of benzene rings is 2. The van der Waals surface area contributed by atoms with Crippen LogP contribution in [-0.2, 0) is 0 Å². The van der Waals surface area contributed by atoms with Crippen LogP contribution in [0.25, 0.3) is 27.9 Å². The highest BCUT2D eigenvalue weighted by Crippen LogP contribution is 2.26. The number of phenols is 1. The molecule has 6 nitrogen and oxygen atoms in total. The number of nitrogens with zero attached hydrogens (tertiary/aromatic N) is 2. The normalized spacial score (nSPS) is 11.2. The smallest absolute Gasteiger partial charge is 0.192 e. The number of hydrogen-bond acceptors (Lipinski definition) is 4. The first kappa shape index (κ1) is 17.1. The van der Waals surface area contributed by atoms with Crippen molar-refractivity contribution < 1.29 is 9.84 Å². The standard InChI is InChI=1S/C23H17N3O3/c1-14-22(25-19-5-3-2-4-18(19)23(14)28)20-13-26-12-17(10-11-21(26)24-20)29-16-8-6-15(27)7-9-16/h2-13,27H,1H3,(H,25,28). The highest BCUT2D eigenvalue weighted by Gasteiger charge is 2.13. The summed E-state index contributed by atoms with van der Waals surface area (Å²) in [5, 5.41) is 10.1. The number of H-pyrrole nitrogens is 1. The number of aromatic nitrogens is 3. The van der Waals surface area contributed by atoms with Gasteiger partial charge in [-0.05, 0) is 55.5 Å². The molecule has 0 aliphatic heterocycles. The predicted molar refractivity (Wildman–Crippen MR) is 112 cm³/mol. The number of rotatable bonds is 3. The summed E-state index contributed by atoms with van der Waals surface area (Å²) in [6.45, 7) is 1.81. The topological polar surface area (TPSA) is 79.6 Å². The Bertz CT molecular complexity index is 1420. The molecule has 0 fully saturated rings. The quantitative estimate of drug-likeness (QED) is 0.475. The second-order valence-corrected chi connectivity index (χ2v) is 6.85. The van der Waals surface area contributed by atoms with Crippen molar-refractivity contribution in [2.75, 3.05) is 0 Å². The lowest BCUT2D eigenvalue weighted by Gasteiger charge is -2.06. The summed E-state index contributed by atoms with van der Waals surface area (Å²) >= 11 is 0. The molecule has 0 radical (unpaired) electrons. The molecule has 5 rings (SSSR count). The Morgan fingerprint density at radius 3 is 2.55 bits per heavy atom. The van der Waals surface area contributed by atoms with Crippen LogP contribution in [0.1, 0.15) is 5.56 Å². The van der Waals surface area contributed by atoms with Crippen LogP contribution in [0, 0.1) is 6.92 Å². The van der Waals surface area contributed by atoms with E-state index in [1.54, 1.807) is 24.3 Å². The van der Waals surface area contributed by atoms with Gasteiger partial charge < -0.3 is 19.2 Å². The number of pyridine rings is 2. The fourth-order valence-corrected chi connectivity index (χ4v) is 3.39. The average molecular weight is 383 g/mol. The van der Waals surface area contributed by atoms with Crippen molar-refractivity contribution in [1.82, 2.24) is 14.4 Å². The van der Waals surface area contributed by atoms with Crippen molar-refractivity contribution in [3.8, 4) is 28.6 Å². The summed E-state index contributed by atoms with van der Waals surface area (Å²) in [7, 11) is 0. The van der Waals surface area contributed by atoms with E-state index in [-0.39, 0.29) is 11.2 Å². The third-order valence-corrected chi connectivity index (χ3v) is 4.90. The minimum atomic E-state index is 0.00255. The Balaban J connectivity index is 1.57. The maximum absolute atomic E-state index is 12.7. The number of imidazole rings is 1. The van der Waals surface area contributed by atoms with E-state index in [2.05, 4.69) is 9.97 Å². The molecule has 3 heterocycles. The number of aromatic amines is 1. The van der Waals surface area contributed by atoms with Gasteiger partial charge in [0.1, 0.15) is 28.6 Å². The number of ether oxygens (including phenoxy) is 1. The molecule has 142 valence electrons. The molecule has 0 amide bonds. The predicted octanol–water partition coefficient (Wildman–Crippen LogP) is 4.65. The molecule has 0 unspecified atom stereocenters. The van der Waals surface area contributed by atoms with Gasteiger partial charge in [-0.25, -0.2) is 4.98 Å². The first-order valence-electron chi connectivity index (χ1n) is 9.16. The molecule has 6 heteroatoms. The Hall–Kier alpha value is -4.06. The zero-order chi connectivity index (χ0) is 20.0. The minimum Gasteiger partial charge on any atom is -0.508 e. The summed E-state index contributed by atoms with van der Waals surface area (Å²) in [6.07, 6.45) is 3.69. The van der Waals surface area contributed by atoms with E-state index in [0.717, 1.165) is 11.2 Å². The van der Waals surface area contributed by atoms with Crippen molar-refractivity contribution in [2.24, 2.45) is 0 Å². The van der Waals surface area contributed by atoms with E-state index >= 15 is 0 Å². The fraction of sp³-hybridized carbons (Fsp3) is 0.0435. The van der Waals surface area contributed by atoms with Crippen molar-refractivity contribution in [1.29, 1.82) is 0 Å². The first-order valence-corrected chi connectivity index (χ1v) is 9.16. The minimum absolute atomic E-state index is 0.00255. The SMILES string of the molecule is Cc1c(-c2cn3cc(Oc4ccc(O)cc4)ccc3n2)[nH]c2ccccc2c1=O. The van der Waals surface area contributed by atoms with E-state index < -0.39 is 0 Å². The molecule has 0 saturated heterocycles.